The van der Waals surface area contributed by atoms with Crippen molar-refractivity contribution in [2.75, 3.05) is 37.8 Å². The number of hydrogen-bond acceptors (Lipinski definition) is 18. The molecular weight excluding hydrogens is 819 g/mol. The van der Waals surface area contributed by atoms with Crippen LogP contribution in [0.1, 0.15) is 53.2 Å². The van der Waals surface area contributed by atoms with Crippen LogP contribution in [0.4, 0.5) is 5.82 Å². The van der Waals surface area contributed by atoms with E-state index in [1.807, 2.05) is 13.8 Å². The Morgan fingerprint density at radius 2 is 1.69 bits per heavy atom. The van der Waals surface area contributed by atoms with Crippen LogP contribution in [-0.2, 0) is 50.7 Å². The number of hydrogen-bond donors (Lipinski definition) is 9. The molecule has 1 aliphatic heterocycles. The first kappa shape index (κ1) is 46.9. The minimum absolute atomic E-state index is 0.0316. The molecule has 1 aliphatic rings. The van der Waals surface area contributed by atoms with Crippen LogP contribution in [0.5, 0.6) is 0 Å². The monoisotopic (exact) mass is 865 g/mol. The number of phosphoric ester groups is 3. The lowest BCUT2D eigenvalue weighted by atomic mass is 9.87. The molecule has 4 unspecified atom stereocenters. The third-order valence-corrected chi connectivity index (χ3v) is 12.2. The molecular formula is C27H46N7O17P3S. The van der Waals surface area contributed by atoms with Crippen molar-refractivity contribution in [1.29, 1.82) is 0 Å². The van der Waals surface area contributed by atoms with E-state index in [1.54, 1.807) is 0 Å². The lowest BCUT2D eigenvalue weighted by Crippen LogP contribution is -2.46. The molecule has 3 heterocycles. The molecule has 0 spiro atoms. The molecule has 10 N–H and O–H groups in total. The van der Waals surface area contributed by atoms with Gasteiger partial charge in [-0.05, 0) is 12.8 Å². The molecule has 24 nitrogen and oxygen atoms in total. The van der Waals surface area contributed by atoms with Gasteiger partial charge in [0.2, 0.25) is 11.8 Å². The molecule has 3 rings (SSSR count). The highest BCUT2D eigenvalue weighted by Gasteiger charge is 2.50. The summed E-state index contributed by atoms with van der Waals surface area (Å²) < 4.78 is 62.1. The van der Waals surface area contributed by atoms with Gasteiger partial charge in [0.05, 0.1) is 19.5 Å². The van der Waals surface area contributed by atoms with E-state index in [-0.39, 0.29) is 47.5 Å². The van der Waals surface area contributed by atoms with Crippen molar-refractivity contribution >= 4 is 69.1 Å². The Labute approximate surface area is 318 Å². The lowest BCUT2D eigenvalue weighted by Gasteiger charge is -2.30. The molecule has 2 aromatic heterocycles. The molecule has 312 valence electrons. The van der Waals surface area contributed by atoms with E-state index in [0.29, 0.717) is 5.75 Å². The van der Waals surface area contributed by atoms with E-state index in [9.17, 15) is 57.9 Å². The number of fused-ring (bicyclic) bond motifs is 1. The van der Waals surface area contributed by atoms with E-state index in [2.05, 4.69) is 34.4 Å². The van der Waals surface area contributed by atoms with E-state index in [4.69, 9.17) is 19.5 Å². The number of aromatic nitrogens is 4. The number of nitrogens with zero attached hydrogens (tertiary/aromatic N) is 4. The van der Waals surface area contributed by atoms with Crippen LogP contribution in [0.25, 0.3) is 11.2 Å². The van der Waals surface area contributed by atoms with Crippen LogP contribution in [-0.4, -0.2) is 123 Å². The minimum atomic E-state index is -5.57. The van der Waals surface area contributed by atoms with Crippen molar-refractivity contribution in [2.24, 2.45) is 11.3 Å². The molecule has 55 heavy (non-hydrogen) atoms. The Morgan fingerprint density at radius 3 is 2.33 bits per heavy atom. The quantitative estimate of drug-likeness (QED) is 0.0560. The summed E-state index contributed by atoms with van der Waals surface area (Å²) in [6.45, 7) is 4.39. The maximum absolute atomic E-state index is 12.7. The summed E-state index contributed by atoms with van der Waals surface area (Å²) in [4.78, 5) is 87.6. The number of carbonyl (C=O) groups is 3. The molecule has 0 saturated carbocycles. The van der Waals surface area contributed by atoms with Gasteiger partial charge in [0.15, 0.2) is 22.8 Å². The van der Waals surface area contributed by atoms with Crippen LogP contribution in [0.15, 0.2) is 12.7 Å². The van der Waals surface area contributed by atoms with Crippen molar-refractivity contribution in [3.8, 4) is 0 Å². The molecule has 0 bridgehead atoms. The van der Waals surface area contributed by atoms with Gasteiger partial charge in [-0.15, -0.1) is 0 Å². The highest BCUT2D eigenvalue weighted by Crippen LogP contribution is 2.61. The summed E-state index contributed by atoms with van der Waals surface area (Å²) in [6.07, 6.45) is -5.43. The van der Waals surface area contributed by atoms with Gasteiger partial charge >= 0.3 is 23.5 Å². The Kier molecular flexibility index (Phi) is 16.9. The lowest BCUT2D eigenvalue weighted by molar-refractivity contribution is -0.137. The number of thioether (sulfide) groups is 1. The van der Waals surface area contributed by atoms with Gasteiger partial charge < -0.3 is 50.9 Å². The smallest absolute Gasteiger partial charge is 0.386 e. The fourth-order valence-electron chi connectivity index (χ4n) is 5.02. The van der Waals surface area contributed by atoms with E-state index in [0.717, 1.165) is 41.8 Å². The van der Waals surface area contributed by atoms with E-state index in [1.165, 1.54) is 13.8 Å². The predicted molar refractivity (Wildman–Crippen MR) is 191 cm³/mol. The maximum Gasteiger partial charge on any atom is 0.481 e. The number of aliphatic hydroxyl groups excluding tert-OH is 2. The number of ether oxygens (including phenoxy) is 1. The third kappa shape index (κ3) is 13.9. The Balaban J connectivity index is 1.50. The van der Waals surface area contributed by atoms with Crippen LogP contribution in [0.3, 0.4) is 0 Å². The number of nitrogen functional groups attached to an aromatic ring is 1. The normalized spacial score (nSPS) is 21.9. The molecule has 1 saturated heterocycles. The summed E-state index contributed by atoms with van der Waals surface area (Å²) in [6, 6.07) is 0. The molecule has 2 aromatic rings. The second kappa shape index (κ2) is 19.8. The van der Waals surface area contributed by atoms with E-state index < -0.39 is 84.6 Å². The van der Waals surface area contributed by atoms with Crippen LogP contribution in [0, 0.1) is 11.3 Å². The fourth-order valence-corrected chi connectivity index (χ4v) is 8.83. The summed E-state index contributed by atoms with van der Waals surface area (Å²) in [5, 5.41) is 26.4. The summed E-state index contributed by atoms with van der Waals surface area (Å²) in [5.74, 6) is -1.10. The number of phosphoric acid groups is 3. The van der Waals surface area contributed by atoms with Crippen molar-refractivity contribution in [3.63, 3.8) is 0 Å². The number of carbonyl (C=O) groups excluding carboxylic acids is 3. The standard InChI is InChI=1S/C27H46N7O17P3S/c1-5-15(6-2)26(39)55-10-9-29-17(35)7-8-30-24(38)21(37)27(3,4)12-48-54(45,46)51-53(43,44)47-11-16-20(50-52(40,41)42)19(36)25(49-16)34-14-33-18-22(28)31-13-32-23(18)34/h13-16,19-21,25,36-37H,5-12H2,1-4H3,(H,29,35)(H,30,38)(H,43,44)(H,45,46)(H2,28,31,32)(H2,40,41,42)/t16-,19?,20?,21+,25-/m1/s1. The maximum atomic E-state index is 12.7. The fraction of sp³-hybridized carbons (Fsp3) is 0.704. The van der Waals surface area contributed by atoms with Crippen molar-refractivity contribution < 1.29 is 80.5 Å². The van der Waals surface area contributed by atoms with Gasteiger partial charge in [-0.25, -0.2) is 28.6 Å². The number of anilines is 1. The predicted octanol–water partition coefficient (Wildman–Crippen LogP) is 0.101. The molecule has 0 aromatic carbocycles. The minimum Gasteiger partial charge on any atom is -0.386 e. The molecule has 7 atom stereocenters. The van der Waals surface area contributed by atoms with Gasteiger partial charge in [-0.3, -0.25) is 32.5 Å². The van der Waals surface area contributed by atoms with Gasteiger partial charge in [-0.1, -0.05) is 39.5 Å². The number of nitrogens with one attached hydrogen (secondary N) is 2. The SMILES string of the molecule is CCC(CC)C(=O)SCCNC(=O)CCNC(=O)[C@H](O)C(C)(C)COP(=O)(O)OP(=O)(O)OC[C@H]1O[C@@H](n2cnc3c(N)ncnc32)C(O)C1OP(=O)(O)O. The summed E-state index contributed by atoms with van der Waals surface area (Å²) >= 11 is 1.13. The van der Waals surface area contributed by atoms with Gasteiger partial charge in [0.1, 0.15) is 36.3 Å². The second-order valence-corrected chi connectivity index (χ2v) is 18.1. The summed E-state index contributed by atoms with van der Waals surface area (Å²) in [5.41, 5.74) is 4.27. The average Bonchev–Trinajstić information content (AvgIpc) is 3.65. The number of nitrogens with two attached hydrogens (primary N) is 1. The Bertz CT molecular complexity index is 1790. The zero-order chi connectivity index (χ0) is 41.4. The van der Waals surface area contributed by atoms with Gasteiger partial charge in [0.25, 0.3) is 0 Å². The van der Waals surface area contributed by atoms with Crippen LogP contribution < -0.4 is 16.4 Å². The Morgan fingerprint density at radius 1 is 1.04 bits per heavy atom. The highest BCUT2D eigenvalue weighted by molar-refractivity contribution is 8.13. The molecule has 0 radical (unpaired) electrons. The number of aliphatic hydroxyl groups is 2. The molecule has 1 fully saturated rings. The average molecular weight is 866 g/mol. The molecule has 28 heteroatoms. The first-order valence-corrected chi connectivity index (χ1v) is 22.1. The molecule has 2 amide bonds. The van der Waals surface area contributed by atoms with Crippen LogP contribution in [0.2, 0.25) is 0 Å². The Hall–Kier alpha value is -2.44. The summed E-state index contributed by atoms with van der Waals surface area (Å²) in [7, 11) is -16.4. The number of amides is 2. The van der Waals surface area contributed by atoms with Crippen LogP contribution >= 0.6 is 35.2 Å². The highest BCUT2D eigenvalue weighted by atomic mass is 32.2. The first-order valence-electron chi connectivity index (χ1n) is 16.6. The second-order valence-electron chi connectivity index (χ2n) is 12.8. The zero-order valence-electron chi connectivity index (χ0n) is 30.1. The van der Waals surface area contributed by atoms with Gasteiger partial charge in [-0.2, -0.15) is 4.31 Å². The van der Waals surface area contributed by atoms with Crippen molar-refractivity contribution in [1.82, 2.24) is 30.2 Å². The number of imidazole rings is 1. The largest absolute Gasteiger partial charge is 0.481 e. The zero-order valence-corrected chi connectivity index (χ0v) is 33.6. The number of rotatable bonds is 22. The van der Waals surface area contributed by atoms with Crippen molar-refractivity contribution in [2.45, 2.75) is 77.6 Å². The topological polar surface area (TPSA) is 364 Å². The van der Waals surface area contributed by atoms with Crippen molar-refractivity contribution in [3.05, 3.63) is 12.7 Å². The first-order chi connectivity index (χ1) is 25.5. The molecule has 0 aliphatic carbocycles. The van der Waals surface area contributed by atoms with Gasteiger partial charge in [0, 0.05) is 36.6 Å². The third-order valence-electron chi connectivity index (χ3n) is 8.07. The van der Waals surface area contributed by atoms with E-state index >= 15 is 0 Å².